The van der Waals surface area contributed by atoms with E-state index in [1.165, 1.54) is 42.6 Å². The first kappa shape index (κ1) is 24.6. The lowest BCUT2D eigenvalue weighted by Gasteiger charge is -2.10. The number of benzene rings is 2. The molecule has 1 aromatic heterocycles. The SMILES string of the molecule is O=C1N/C(=N/N=Cc2ccc(-c3cccc(C(F)(F)F)c3)o2)SC1Cc1cccc(C(F)(F)F)c1. The number of carbonyl (C=O) groups excluding carboxylic acids is 1. The lowest BCUT2D eigenvalue weighted by Crippen LogP contribution is -2.26. The lowest BCUT2D eigenvalue weighted by atomic mass is 10.1. The van der Waals surface area contributed by atoms with Crippen molar-refractivity contribution in [2.75, 3.05) is 0 Å². The van der Waals surface area contributed by atoms with E-state index in [-0.39, 0.29) is 28.7 Å². The van der Waals surface area contributed by atoms with Gasteiger partial charge in [-0.05, 0) is 42.3 Å². The fourth-order valence-electron chi connectivity index (χ4n) is 3.24. The van der Waals surface area contributed by atoms with Crippen LogP contribution in [0.3, 0.4) is 0 Å². The molecule has 0 saturated carbocycles. The number of carbonyl (C=O) groups is 1. The van der Waals surface area contributed by atoms with E-state index in [2.05, 4.69) is 15.5 Å². The van der Waals surface area contributed by atoms with Gasteiger partial charge < -0.3 is 9.73 Å². The van der Waals surface area contributed by atoms with Crippen LogP contribution in [0.25, 0.3) is 11.3 Å². The first-order chi connectivity index (χ1) is 16.5. The smallest absolute Gasteiger partial charge is 0.416 e. The predicted molar refractivity (Wildman–Crippen MR) is 119 cm³/mol. The Balaban J connectivity index is 1.40. The van der Waals surface area contributed by atoms with Crippen LogP contribution >= 0.6 is 11.8 Å². The number of halogens is 6. The van der Waals surface area contributed by atoms with Crippen LogP contribution in [0.1, 0.15) is 22.5 Å². The number of amides is 1. The standard InChI is InChI=1S/C23H15F6N3O2S/c24-22(25,26)15-5-1-3-13(9-15)10-19-20(33)31-21(35-19)32-30-12-17-7-8-18(34-17)14-4-2-6-16(11-14)23(27,28)29/h1-9,11-12,19H,10H2,(H,31,32,33). The Morgan fingerprint density at radius 1 is 0.943 bits per heavy atom. The normalized spacial score (nSPS) is 17.9. The second-order valence-corrected chi connectivity index (χ2v) is 8.62. The second-order valence-electron chi connectivity index (χ2n) is 7.43. The van der Waals surface area contributed by atoms with Crippen molar-refractivity contribution in [2.45, 2.75) is 24.0 Å². The highest BCUT2D eigenvalue weighted by atomic mass is 32.2. The first-order valence-corrected chi connectivity index (χ1v) is 10.9. The van der Waals surface area contributed by atoms with Crippen LogP contribution in [-0.2, 0) is 23.6 Å². The molecule has 1 aliphatic rings. The maximum absolute atomic E-state index is 12.9. The summed E-state index contributed by atoms with van der Waals surface area (Å²) in [6, 6.07) is 12.4. The molecule has 1 unspecified atom stereocenters. The number of alkyl halides is 6. The number of furan rings is 1. The quantitative estimate of drug-likeness (QED) is 0.254. The molecule has 1 amide bonds. The highest BCUT2D eigenvalue weighted by molar-refractivity contribution is 8.15. The molecule has 1 aliphatic heterocycles. The molecule has 0 radical (unpaired) electrons. The molecule has 4 rings (SSSR count). The van der Waals surface area contributed by atoms with Gasteiger partial charge in [0, 0.05) is 5.56 Å². The van der Waals surface area contributed by atoms with Gasteiger partial charge in [0.2, 0.25) is 5.91 Å². The van der Waals surface area contributed by atoms with Crippen molar-refractivity contribution in [1.82, 2.24) is 5.32 Å². The summed E-state index contributed by atoms with van der Waals surface area (Å²) in [4.78, 5) is 12.2. The van der Waals surface area contributed by atoms with Gasteiger partial charge in [-0.25, -0.2) is 0 Å². The molecule has 12 heteroatoms. The molecular weight excluding hydrogens is 496 g/mol. The van der Waals surface area contributed by atoms with Crippen LogP contribution in [0.4, 0.5) is 26.3 Å². The monoisotopic (exact) mass is 511 g/mol. The van der Waals surface area contributed by atoms with Crippen LogP contribution in [0.15, 0.2) is 75.3 Å². The Bertz CT molecular complexity index is 1300. The zero-order valence-electron chi connectivity index (χ0n) is 17.5. The zero-order valence-corrected chi connectivity index (χ0v) is 18.3. The third-order valence-electron chi connectivity index (χ3n) is 4.89. The van der Waals surface area contributed by atoms with Crippen LogP contribution in [0.2, 0.25) is 0 Å². The summed E-state index contributed by atoms with van der Waals surface area (Å²) in [6.45, 7) is 0. The van der Waals surface area contributed by atoms with E-state index in [0.29, 0.717) is 5.56 Å². The molecule has 1 N–H and O–H groups in total. The first-order valence-electron chi connectivity index (χ1n) is 10.0. The van der Waals surface area contributed by atoms with E-state index in [0.717, 1.165) is 36.0 Å². The molecule has 5 nitrogen and oxygen atoms in total. The summed E-state index contributed by atoms with van der Waals surface area (Å²) < 4.78 is 82.9. The van der Waals surface area contributed by atoms with Crippen LogP contribution in [-0.4, -0.2) is 22.5 Å². The molecule has 3 aromatic rings. The molecule has 2 aromatic carbocycles. The van der Waals surface area contributed by atoms with Crippen molar-refractivity contribution in [3.8, 4) is 11.3 Å². The maximum atomic E-state index is 12.9. The zero-order chi connectivity index (χ0) is 25.2. The van der Waals surface area contributed by atoms with Gasteiger partial charge in [-0.3, -0.25) is 4.79 Å². The van der Waals surface area contributed by atoms with E-state index in [9.17, 15) is 31.1 Å². The minimum Gasteiger partial charge on any atom is -0.455 e. The molecule has 1 fully saturated rings. The van der Waals surface area contributed by atoms with Crippen molar-refractivity contribution in [2.24, 2.45) is 10.2 Å². The third-order valence-corrected chi connectivity index (χ3v) is 5.96. The Labute approximate surface area is 198 Å². The second kappa shape index (κ2) is 9.61. The van der Waals surface area contributed by atoms with Crippen molar-refractivity contribution in [3.63, 3.8) is 0 Å². The van der Waals surface area contributed by atoms with Gasteiger partial charge in [0.05, 0.1) is 22.6 Å². The maximum Gasteiger partial charge on any atom is 0.416 e. The van der Waals surface area contributed by atoms with E-state index < -0.39 is 34.6 Å². The molecule has 0 spiro atoms. The highest BCUT2D eigenvalue weighted by Crippen LogP contribution is 2.33. The van der Waals surface area contributed by atoms with Crippen molar-refractivity contribution < 1.29 is 35.6 Å². The van der Waals surface area contributed by atoms with Gasteiger partial charge in [-0.1, -0.05) is 42.1 Å². The molecule has 0 bridgehead atoms. The minimum atomic E-state index is -4.48. The molecule has 1 saturated heterocycles. The summed E-state index contributed by atoms with van der Waals surface area (Å²) >= 11 is 1.03. The van der Waals surface area contributed by atoms with Gasteiger partial charge in [-0.15, -0.1) is 5.10 Å². The van der Waals surface area contributed by atoms with E-state index >= 15 is 0 Å². The third kappa shape index (κ3) is 6.13. The Hall–Kier alpha value is -3.54. The number of nitrogens with zero attached hydrogens (tertiary/aromatic N) is 2. The average molecular weight is 511 g/mol. The largest absolute Gasteiger partial charge is 0.455 e. The summed E-state index contributed by atoms with van der Waals surface area (Å²) in [5.41, 5.74) is -1.00. The van der Waals surface area contributed by atoms with Gasteiger partial charge >= 0.3 is 12.4 Å². The van der Waals surface area contributed by atoms with Crippen LogP contribution < -0.4 is 5.32 Å². The minimum absolute atomic E-state index is 0.0711. The van der Waals surface area contributed by atoms with Gasteiger partial charge in [0.1, 0.15) is 11.5 Å². The summed E-state index contributed by atoms with van der Waals surface area (Å²) in [5, 5.41) is 9.68. The average Bonchev–Trinajstić information content (AvgIpc) is 3.40. The Kier molecular flexibility index (Phi) is 6.75. The number of rotatable bonds is 5. The van der Waals surface area contributed by atoms with E-state index in [4.69, 9.17) is 4.42 Å². The van der Waals surface area contributed by atoms with Crippen molar-refractivity contribution >= 4 is 29.1 Å². The topological polar surface area (TPSA) is 67.0 Å². The fourth-order valence-corrected chi connectivity index (χ4v) is 4.20. The predicted octanol–water partition coefficient (Wildman–Crippen LogP) is 6.15. The highest BCUT2D eigenvalue weighted by Gasteiger charge is 2.33. The van der Waals surface area contributed by atoms with Crippen LogP contribution in [0.5, 0.6) is 0 Å². The fraction of sp³-hybridized carbons (Fsp3) is 0.174. The van der Waals surface area contributed by atoms with Gasteiger partial charge in [0.25, 0.3) is 0 Å². The molecule has 2 heterocycles. The molecule has 1 atom stereocenters. The van der Waals surface area contributed by atoms with Crippen molar-refractivity contribution in [1.29, 1.82) is 0 Å². The Morgan fingerprint density at radius 2 is 1.63 bits per heavy atom. The number of nitrogens with one attached hydrogen (secondary N) is 1. The molecule has 0 aliphatic carbocycles. The van der Waals surface area contributed by atoms with Gasteiger partial charge in [-0.2, -0.15) is 31.4 Å². The number of hydrogen-bond donors (Lipinski definition) is 1. The van der Waals surface area contributed by atoms with Crippen molar-refractivity contribution in [3.05, 3.63) is 83.1 Å². The molecular formula is C23H15F6N3O2S. The van der Waals surface area contributed by atoms with E-state index in [1.54, 1.807) is 0 Å². The van der Waals surface area contributed by atoms with E-state index in [1.807, 2.05) is 0 Å². The molecule has 35 heavy (non-hydrogen) atoms. The Morgan fingerprint density at radius 3 is 2.34 bits per heavy atom. The molecule has 182 valence electrons. The number of hydrogen-bond acceptors (Lipinski definition) is 5. The van der Waals surface area contributed by atoms with Crippen LogP contribution in [0, 0.1) is 0 Å². The summed E-state index contributed by atoms with van der Waals surface area (Å²) in [5.74, 6) is 0.0118. The van der Waals surface area contributed by atoms with Gasteiger partial charge in [0.15, 0.2) is 5.17 Å². The number of amidine groups is 1. The number of thioether (sulfide) groups is 1. The summed E-state index contributed by atoms with van der Waals surface area (Å²) in [7, 11) is 0. The summed E-state index contributed by atoms with van der Waals surface area (Å²) in [6.07, 6.45) is -7.67. The lowest BCUT2D eigenvalue weighted by molar-refractivity contribution is -0.138.